The standard InChI is InChI=1S/C3H7B.C2H5B/c1-3(2)4;1-2-3/h3H,1-2H3;2H2,1H3/i;2D. The van der Waals surface area contributed by atoms with E-state index in [1.807, 2.05) is 13.8 Å². The number of hydrogen-bond donors (Lipinski definition) is 0. The van der Waals surface area contributed by atoms with Crippen LogP contribution >= 0.6 is 0 Å². The maximum Gasteiger partial charge on any atom is 0.0692 e. The van der Waals surface area contributed by atoms with Crippen molar-refractivity contribution in [2.45, 2.75) is 32.9 Å². The molecule has 0 spiro atoms. The molecular formula is C5H12B2. The summed E-state index contributed by atoms with van der Waals surface area (Å²) in [5.74, 6) is 0.333. The minimum Gasteiger partial charge on any atom is -0.0915 e. The largest absolute Gasteiger partial charge is 0.0915 e. The molecule has 0 fully saturated rings. The van der Waals surface area contributed by atoms with Gasteiger partial charge < -0.3 is 0 Å². The van der Waals surface area contributed by atoms with Crippen LogP contribution < -0.4 is 0 Å². The zero-order valence-electron chi connectivity index (χ0n) is 6.31. The molecule has 0 aliphatic rings. The molecule has 1 unspecified atom stereocenters. The van der Waals surface area contributed by atoms with E-state index >= 15 is 0 Å². The molecule has 0 aromatic carbocycles. The summed E-state index contributed by atoms with van der Waals surface area (Å²) in [6.07, 6.45) is -0.417. The van der Waals surface area contributed by atoms with Crippen molar-refractivity contribution in [3.8, 4) is 0 Å². The molecule has 0 saturated heterocycles. The van der Waals surface area contributed by atoms with Crippen molar-refractivity contribution in [2.75, 3.05) is 0 Å². The second kappa shape index (κ2) is 9.46. The van der Waals surface area contributed by atoms with Crippen molar-refractivity contribution in [3.63, 3.8) is 0 Å². The first kappa shape index (κ1) is 7.13. The Labute approximate surface area is 50.9 Å². The lowest BCUT2D eigenvalue weighted by Crippen LogP contribution is -1.67. The molecule has 0 aliphatic carbocycles. The highest BCUT2D eigenvalue weighted by atomic mass is 13.6. The third-order valence-corrected chi connectivity index (χ3v) is 0. The third-order valence-electron chi connectivity index (χ3n) is 0. The first-order valence-corrected chi connectivity index (χ1v) is 2.40. The van der Waals surface area contributed by atoms with Crippen LogP contribution in [-0.2, 0) is 0 Å². The van der Waals surface area contributed by atoms with Crippen LogP contribution in [0.25, 0.3) is 0 Å². The molecule has 4 radical (unpaired) electrons. The zero-order valence-corrected chi connectivity index (χ0v) is 5.31. The number of hydrogen-bond acceptors (Lipinski definition) is 0. The van der Waals surface area contributed by atoms with Crippen LogP contribution in [0.2, 0.25) is 12.1 Å². The summed E-state index contributed by atoms with van der Waals surface area (Å²) in [6, 6.07) is 0. The molecule has 0 bridgehead atoms. The van der Waals surface area contributed by atoms with Crippen molar-refractivity contribution in [2.24, 2.45) is 0 Å². The van der Waals surface area contributed by atoms with Gasteiger partial charge in [-0.15, -0.1) is 0 Å². The molecule has 0 aromatic rings. The zero-order chi connectivity index (χ0) is 7.15. The minimum atomic E-state index is -0.417. The van der Waals surface area contributed by atoms with E-state index in [0.717, 1.165) is 0 Å². The van der Waals surface area contributed by atoms with Gasteiger partial charge in [0.25, 0.3) is 0 Å². The predicted molar refractivity (Wildman–Crippen MR) is 37.1 cm³/mol. The van der Waals surface area contributed by atoms with Gasteiger partial charge in [-0.3, -0.25) is 0 Å². The van der Waals surface area contributed by atoms with Gasteiger partial charge in [0.15, 0.2) is 0 Å². The Morgan fingerprint density at radius 2 is 1.71 bits per heavy atom. The van der Waals surface area contributed by atoms with Crippen LogP contribution in [-0.4, -0.2) is 15.7 Å². The van der Waals surface area contributed by atoms with Crippen molar-refractivity contribution in [1.29, 1.82) is 0 Å². The van der Waals surface area contributed by atoms with Gasteiger partial charge in [-0.05, 0) is 0 Å². The van der Waals surface area contributed by atoms with E-state index in [2.05, 4.69) is 0 Å². The van der Waals surface area contributed by atoms with E-state index in [1.54, 1.807) is 6.92 Å². The van der Waals surface area contributed by atoms with Gasteiger partial charge in [-0.25, -0.2) is 0 Å². The van der Waals surface area contributed by atoms with Crippen LogP contribution in [0.4, 0.5) is 0 Å². The molecular weight excluding hydrogens is 81.7 g/mol. The highest BCUT2D eigenvalue weighted by Gasteiger charge is 1.68. The lowest BCUT2D eigenvalue weighted by Gasteiger charge is -1.79. The molecule has 38 valence electrons. The Hall–Kier alpha value is 0.130. The molecule has 2 heteroatoms. The average molecular weight is 94.8 g/mol. The molecule has 0 rings (SSSR count). The van der Waals surface area contributed by atoms with E-state index in [-0.39, 0.29) is 0 Å². The Morgan fingerprint density at radius 3 is 1.71 bits per heavy atom. The molecule has 0 saturated carbocycles. The van der Waals surface area contributed by atoms with Gasteiger partial charge in [-0.1, -0.05) is 32.9 Å². The van der Waals surface area contributed by atoms with Crippen LogP contribution in [0.5, 0.6) is 0 Å². The maximum absolute atomic E-state index is 6.36. The van der Waals surface area contributed by atoms with E-state index in [9.17, 15) is 0 Å². The third kappa shape index (κ3) is 6200. The molecule has 1 atom stereocenters. The highest BCUT2D eigenvalue weighted by Crippen LogP contribution is 1.84. The SMILES string of the molecule is [2H]C([B])C.[B]C(C)C. The van der Waals surface area contributed by atoms with E-state index in [0.29, 0.717) is 5.82 Å². The first-order valence-electron chi connectivity index (χ1n) is 2.98. The molecule has 0 heterocycles. The molecule has 0 amide bonds. The van der Waals surface area contributed by atoms with Crippen LogP contribution in [0.15, 0.2) is 0 Å². The molecule has 7 heavy (non-hydrogen) atoms. The van der Waals surface area contributed by atoms with E-state index in [1.165, 1.54) is 0 Å². The quantitative estimate of drug-likeness (QED) is 0.400. The monoisotopic (exact) mass is 95.1 g/mol. The van der Waals surface area contributed by atoms with Gasteiger partial charge >= 0.3 is 0 Å². The lowest BCUT2D eigenvalue weighted by atomic mass is 9.93. The molecule has 0 nitrogen and oxygen atoms in total. The smallest absolute Gasteiger partial charge is 0.0692 e. The topological polar surface area (TPSA) is 0 Å². The summed E-state index contributed by atoms with van der Waals surface area (Å²) in [7, 11) is 9.89. The molecule has 0 N–H and O–H groups in total. The fourth-order valence-corrected chi connectivity index (χ4v) is 0. The van der Waals surface area contributed by atoms with Gasteiger partial charge in [0.2, 0.25) is 0 Å². The van der Waals surface area contributed by atoms with Gasteiger partial charge in [-0.2, -0.15) is 0 Å². The summed E-state index contributed by atoms with van der Waals surface area (Å²) < 4.78 is 6.36. The van der Waals surface area contributed by atoms with Gasteiger partial charge in [0.05, 0.1) is 15.7 Å². The average Bonchev–Trinajstić information content (AvgIpc) is 1.25. The van der Waals surface area contributed by atoms with Crippen molar-refractivity contribution in [3.05, 3.63) is 0 Å². The van der Waals surface area contributed by atoms with Crippen LogP contribution in [0.3, 0.4) is 0 Å². The Bertz CT molecular complexity index is 25.9. The Kier molecular flexibility index (Phi) is 9.63. The van der Waals surface area contributed by atoms with E-state index in [4.69, 9.17) is 17.1 Å². The van der Waals surface area contributed by atoms with Gasteiger partial charge in [0, 0.05) is 1.37 Å². The van der Waals surface area contributed by atoms with Crippen molar-refractivity contribution in [1.82, 2.24) is 0 Å². The van der Waals surface area contributed by atoms with Gasteiger partial charge in [0.1, 0.15) is 0 Å². The fraction of sp³-hybridized carbons (Fsp3) is 1.00. The van der Waals surface area contributed by atoms with E-state index < -0.39 is 6.30 Å². The maximum atomic E-state index is 6.36. The summed E-state index contributed by atoms with van der Waals surface area (Å²) in [5, 5.41) is 0. The minimum absolute atomic E-state index is 0.333. The van der Waals surface area contributed by atoms with Crippen molar-refractivity contribution >= 4 is 15.7 Å². The summed E-state index contributed by atoms with van der Waals surface area (Å²) in [6.45, 7) is 5.50. The summed E-state index contributed by atoms with van der Waals surface area (Å²) in [5.41, 5.74) is 0. The molecule has 0 aromatic heterocycles. The predicted octanol–water partition coefficient (Wildman–Crippen LogP) is 1.58. The van der Waals surface area contributed by atoms with Crippen LogP contribution in [0.1, 0.15) is 22.1 Å². The Morgan fingerprint density at radius 1 is 1.71 bits per heavy atom. The summed E-state index contributed by atoms with van der Waals surface area (Å²) in [4.78, 5) is 0. The normalized spacial score (nSPS) is 14.0. The highest BCUT2D eigenvalue weighted by molar-refractivity contribution is 6.10. The first-order chi connectivity index (χ1) is 3.46. The fourth-order valence-electron chi connectivity index (χ4n) is 0. The second-order valence-corrected chi connectivity index (χ2v) is 1.58. The molecule has 0 aliphatic heterocycles. The summed E-state index contributed by atoms with van der Waals surface area (Å²) >= 11 is 0. The Balaban J connectivity index is 0. The van der Waals surface area contributed by atoms with Crippen LogP contribution in [0, 0.1) is 0 Å². The lowest BCUT2D eigenvalue weighted by molar-refractivity contribution is 1.08. The number of rotatable bonds is 0. The van der Waals surface area contributed by atoms with Crippen molar-refractivity contribution < 1.29 is 1.37 Å². The second-order valence-electron chi connectivity index (χ2n) is 1.58.